The first kappa shape index (κ1) is 20.3. The Kier molecular flexibility index (Phi) is 6.73. The minimum Gasteiger partial charge on any atom is -0.493 e. The molecule has 0 amide bonds. The van der Waals surface area contributed by atoms with Gasteiger partial charge in [-0.25, -0.2) is 4.79 Å². The van der Waals surface area contributed by atoms with Crippen LogP contribution >= 0.6 is 0 Å². The number of furan rings is 1. The van der Waals surface area contributed by atoms with Crippen molar-refractivity contribution in [3.05, 3.63) is 59.9 Å². The largest absolute Gasteiger partial charge is 0.493 e. The monoisotopic (exact) mass is 398 g/mol. The van der Waals surface area contributed by atoms with E-state index in [2.05, 4.69) is 0 Å². The van der Waals surface area contributed by atoms with Gasteiger partial charge in [-0.15, -0.1) is 0 Å². The molecule has 0 aliphatic heterocycles. The summed E-state index contributed by atoms with van der Waals surface area (Å²) in [6.45, 7) is 1.96. The summed E-state index contributed by atoms with van der Waals surface area (Å²) in [7, 11) is 1.55. The minimum absolute atomic E-state index is 0.0442. The van der Waals surface area contributed by atoms with Crippen molar-refractivity contribution in [2.45, 2.75) is 20.0 Å². The number of carbonyl (C=O) groups is 2. The smallest absolute Gasteiger partial charge is 0.374 e. The molecule has 29 heavy (non-hydrogen) atoms. The number of rotatable bonds is 9. The standard InChI is InChI=1S/C22H22O7/c1-3-26-22(24)21-16(15-8-4-5-9-17(15)29-21)14-28-20(23)12-13-27-19-11-7-6-10-18(19)25-2/h4-11H,3,12-14H2,1-2H3. The maximum absolute atomic E-state index is 12.2. The van der Waals surface area contributed by atoms with Gasteiger partial charge in [-0.3, -0.25) is 4.79 Å². The number of fused-ring (bicyclic) bond motifs is 1. The lowest BCUT2D eigenvalue weighted by Crippen LogP contribution is -2.12. The van der Waals surface area contributed by atoms with Crippen molar-refractivity contribution in [3.63, 3.8) is 0 Å². The maximum atomic E-state index is 12.2. The van der Waals surface area contributed by atoms with Crippen LogP contribution in [0.25, 0.3) is 11.0 Å². The van der Waals surface area contributed by atoms with Crippen molar-refractivity contribution in [3.8, 4) is 11.5 Å². The first-order chi connectivity index (χ1) is 14.1. The van der Waals surface area contributed by atoms with Crippen LogP contribution in [0.15, 0.2) is 52.9 Å². The highest BCUT2D eigenvalue weighted by molar-refractivity contribution is 5.96. The van der Waals surface area contributed by atoms with E-state index in [1.54, 1.807) is 44.4 Å². The molecule has 0 atom stereocenters. The van der Waals surface area contributed by atoms with E-state index in [4.69, 9.17) is 23.4 Å². The van der Waals surface area contributed by atoms with Crippen molar-refractivity contribution in [1.29, 1.82) is 0 Å². The molecule has 0 radical (unpaired) electrons. The zero-order chi connectivity index (χ0) is 20.6. The van der Waals surface area contributed by atoms with Crippen molar-refractivity contribution in [2.24, 2.45) is 0 Å². The van der Waals surface area contributed by atoms with Crippen LogP contribution in [0.1, 0.15) is 29.5 Å². The maximum Gasteiger partial charge on any atom is 0.374 e. The van der Waals surface area contributed by atoms with Gasteiger partial charge in [0.25, 0.3) is 0 Å². The number of para-hydroxylation sites is 3. The second-order valence-electron chi connectivity index (χ2n) is 6.04. The molecule has 3 aromatic rings. The van der Waals surface area contributed by atoms with Gasteiger partial charge in [0.05, 0.1) is 32.3 Å². The van der Waals surface area contributed by atoms with Crippen molar-refractivity contribution in [1.82, 2.24) is 0 Å². The van der Waals surface area contributed by atoms with Crippen LogP contribution in [0.4, 0.5) is 0 Å². The lowest BCUT2D eigenvalue weighted by Gasteiger charge is -2.10. The van der Waals surface area contributed by atoms with Crippen molar-refractivity contribution in [2.75, 3.05) is 20.3 Å². The molecule has 0 saturated carbocycles. The summed E-state index contributed by atoms with van der Waals surface area (Å²) < 4.78 is 26.8. The van der Waals surface area contributed by atoms with E-state index in [-0.39, 0.29) is 32.0 Å². The third-order valence-electron chi connectivity index (χ3n) is 4.17. The van der Waals surface area contributed by atoms with Gasteiger partial charge >= 0.3 is 11.9 Å². The molecular formula is C22H22O7. The summed E-state index contributed by atoms with van der Waals surface area (Å²) in [6.07, 6.45) is 0.0442. The molecule has 7 heteroatoms. The number of methoxy groups -OCH3 is 1. The number of hydrogen-bond donors (Lipinski definition) is 0. The minimum atomic E-state index is -0.589. The van der Waals surface area contributed by atoms with Crippen LogP contribution in [-0.4, -0.2) is 32.3 Å². The van der Waals surface area contributed by atoms with Crippen LogP contribution in [0, 0.1) is 0 Å². The highest BCUT2D eigenvalue weighted by Crippen LogP contribution is 2.28. The van der Waals surface area contributed by atoms with Crippen LogP contribution < -0.4 is 9.47 Å². The van der Waals surface area contributed by atoms with Gasteiger partial charge < -0.3 is 23.4 Å². The summed E-state index contributed by atoms with van der Waals surface area (Å²) >= 11 is 0. The summed E-state index contributed by atoms with van der Waals surface area (Å²) in [5.74, 6) is 0.137. The molecule has 0 fully saturated rings. The van der Waals surface area contributed by atoms with Gasteiger partial charge in [0.1, 0.15) is 12.2 Å². The lowest BCUT2D eigenvalue weighted by atomic mass is 10.1. The van der Waals surface area contributed by atoms with Crippen molar-refractivity contribution < 1.29 is 33.0 Å². The second-order valence-corrected chi connectivity index (χ2v) is 6.04. The van der Waals surface area contributed by atoms with Gasteiger partial charge in [0.2, 0.25) is 5.76 Å². The average molecular weight is 398 g/mol. The van der Waals surface area contributed by atoms with Crippen molar-refractivity contribution >= 4 is 22.9 Å². The molecular weight excluding hydrogens is 376 g/mol. The van der Waals surface area contributed by atoms with Crippen LogP contribution in [0.5, 0.6) is 11.5 Å². The SMILES string of the molecule is CCOC(=O)c1oc2ccccc2c1COC(=O)CCOc1ccccc1OC. The lowest BCUT2D eigenvalue weighted by molar-refractivity contribution is -0.145. The third-order valence-corrected chi connectivity index (χ3v) is 4.17. The number of benzene rings is 2. The quantitative estimate of drug-likeness (QED) is 0.501. The molecule has 152 valence electrons. The van der Waals surface area contributed by atoms with Crippen LogP contribution in [0.3, 0.4) is 0 Å². The Labute approximate surface area is 168 Å². The van der Waals surface area contributed by atoms with Gasteiger partial charge in [0, 0.05) is 5.39 Å². The zero-order valence-electron chi connectivity index (χ0n) is 16.3. The number of hydrogen-bond acceptors (Lipinski definition) is 7. The van der Waals surface area contributed by atoms with E-state index in [1.165, 1.54) is 0 Å². The molecule has 0 bridgehead atoms. The van der Waals surface area contributed by atoms with E-state index < -0.39 is 11.9 Å². The fourth-order valence-electron chi connectivity index (χ4n) is 2.81. The topological polar surface area (TPSA) is 84.2 Å². The van der Waals surface area contributed by atoms with Gasteiger partial charge in [-0.2, -0.15) is 0 Å². The van der Waals surface area contributed by atoms with Gasteiger partial charge in [0.15, 0.2) is 11.5 Å². The number of esters is 2. The molecule has 0 aliphatic carbocycles. The summed E-state index contributed by atoms with van der Waals surface area (Å²) in [5.41, 5.74) is 1.01. The van der Waals surface area contributed by atoms with Gasteiger partial charge in [-0.05, 0) is 25.1 Å². The fourth-order valence-corrected chi connectivity index (χ4v) is 2.81. The molecule has 0 aliphatic rings. The first-order valence-corrected chi connectivity index (χ1v) is 9.23. The predicted molar refractivity (Wildman–Crippen MR) is 105 cm³/mol. The Bertz CT molecular complexity index is 990. The highest BCUT2D eigenvalue weighted by Gasteiger charge is 2.22. The van der Waals surface area contributed by atoms with E-state index in [9.17, 15) is 9.59 Å². The Morgan fingerprint density at radius 3 is 2.45 bits per heavy atom. The van der Waals surface area contributed by atoms with E-state index >= 15 is 0 Å². The summed E-state index contributed by atoms with van der Waals surface area (Å²) in [5, 5.41) is 0.702. The Morgan fingerprint density at radius 1 is 0.966 bits per heavy atom. The zero-order valence-corrected chi connectivity index (χ0v) is 16.3. The molecule has 1 heterocycles. The summed E-state index contributed by atoms with van der Waals surface area (Å²) in [4.78, 5) is 24.3. The molecule has 3 rings (SSSR count). The number of ether oxygens (including phenoxy) is 4. The Morgan fingerprint density at radius 2 is 1.69 bits per heavy atom. The van der Waals surface area contributed by atoms with E-state index in [1.807, 2.05) is 18.2 Å². The van der Waals surface area contributed by atoms with Gasteiger partial charge in [-0.1, -0.05) is 30.3 Å². The Balaban J connectivity index is 1.62. The molecule has 0 N–H and O–H groups in total. The fraction of sp³-hybridized carbons (Fsp3) is 0.273. The molecule has 7 nitrogen and oxygen atoms in total. The highest BCUT2D eigenvalue weighted by atomic mass is 16.6. The normalized spacial score (nSPS) is 10.6. The Hall–Kier alpha value is -3.48. The van der Waals surface area contributed by atoms with Crippen LogP contribution in [-0.2, 0) is 20.9 Å². The van der Waals surface area contributed by atoms with E-state index in [0.717, 1.165) is 0 Å². The third kappa shape index (κ3) is 4.87. The molecule has 0 spiro atoms. The number of carbonyl (C=O) groups excluding carboxylic acids is 2. The second kappa shape index (κ2) is 9.64. The molecule has 0 unspecified atom stereocenters. The first-order valence-electron chi connectivity index (χ1n) is 9.23. The molecule has 1 aromatic heterocycles. The molecule has 0 saturated heterocycles. The van der Waals surface area contributed by atoms with Crippen LogP contribution in [0.2, 0.25) is 0 Å². The average Bonchev–Trinajstić information content (AvgIpc) is 3.11. The van der Waals surface area contributed by atoms with E-state index in [0.29, 0.717) is 28.0 Å². The predicted octanol–water partition coefficient (Wildman–Crippen LogP) is 4.13. The molecule has 2 aromatic carbocycles. The summed E-state index contributed by atoms with van der Waals surface area (Å²) in [6, 6.07) is 14.3.